The Morgan fingerprint density at radius 3 is 2.65 bits per heavy atom. The molecule has 2 N–H and O–H groups in total. The first-order valence-corrected chi connectivity index (χ1v) is 5.50. The summed E-state index contributed by atoms with van der Waals surface area (Å²) >= 11 is 0. The fraction of sp³-hybridized carbons (Fsp3) is 0.545. The summed E-state index contributed by atoms with van der Waals surface area (Å²) in [6, 6.07) is 2.64. The van der Waals surface area contributed by atoms with Gasteiger partial charge in [0.05, 0.1) is 13.1 Å². The van der Waals surface area contributed by atoms with Crippen molar-refractivity contribution in [3.8, 4) is 0 Å². The van der Waals surface area contributed by atoms with Crippen LogP contribution >= 0.6 is 0 Å². The van der Waals surface area contributed by atoms with E-state index in [4.69, 9.17) is 0 Å². The number of amides is 1. The van der Waals surface area contributed by atoms with E-state index in [1.807, 2.05) is 13.8 Å². The molecule has 1 aliphatic rings. The molecule has 0 spiro atoms. The fourth-order valence-electron chi connectivity index (χ4n) is 1.75. The van der Waals surface area contributed by atoms with Crippen molar-refractivity contribution in [1.82, 2.24) is 15.1 Å². The van der Waals surface area contributed by atoms with Crippen LogP contribution in [-0.4, -0.2) is 44.8 Å². The lowest BCUT2D eigenvalue weighted by Crippen LogP contribution is -2.66. The molecule has 2 heterocycles. The summed E-state index contributed by atoms with van der Waals surface area (Å²) < 4.78 is 0. The number of likely N-dealkylation sites (tertiary alicyclic amines) is 1. The van der Waals surface area contributed by atoms with Gasteiger partial charge in [-0.1, -0.05) is 13.8 Å². The van der Waals surface area contributed by atoms with E-state index in [2.05, 4.69) is 10.2 Å². The molecule has 6 heteroatoms. The van der Waals surface area contributed by atoms with Gasteiger partial charge in [0.25, 0.3) is 11.5 Å². The average Bonchev–Trinajstić information content (AvgIpc) is 2.24. The molecule has 1 aromatic rings. The van der Waals surface area contributed by atoms with Crippen molar-refractivity contribution in [3.63, 3.8) is 0 Å². The van der Waals surface area contributed by atoms with Gasteiger partial charge in [-0.05, 0) is 12.0 Å². The Kier molecular flexibility index (Phi) is 2.74. The van der Waals surface area contributed by atoms with Crippen LogP contribution in [-0.2, 0) is 0 Å². The number of hydrogen-bond donors (Lipinski definition) is 2. The van der Waals surface area contributed by atoms with E-state index in [1.54, 1.807) is 0 Å². The maximum Gasteiger partial charge on any atom is 0.274 e. The molecule has 2 rings (SSSR count). The Morgan fingerprint density at radius 1 is 1.53 bits per heavy atom. The van der Waals surface area contributed by atoms with E-state index in [0.717, 1.165) is 0 Å². The van der Waals surface area contributed by atoms with Gasteiger partial charge in [-0.15, -0.1) is 0 Å². The molecule has 0 atom stereocenters. The van der Waals surface area contributed by atoms with Crippen LogP contribution in [0, 0.1) is 5.92 Å². The van der Waals surface area contributed by atoms with Crippen LogP contribution in [0.2, 0.25) is 0 Å². The lowest BCUT2D eigenvalue weighted by molar-refractivity contribution is -0.111. The number of carbonyl (C=O) groups excluding carboxylic acids is 1. The maximum absolute atomic E-state index is 11.9. The maximum atomic E-state index is 11.9. The summed E-state index contributed by atoms with van der Waals surface area (Å²) in [6.45, 7) is 4.45. The predicted octanol–water partition coefficient (Wildman–Crippen LogP) is -0.387. The SMILES string of the molecule is CC(C)C1(O)CN(C(=O)c2ccc(=O)[nH]n2)C1. The second-order valence-electron chi connectivity index (χ2n) is 4.73. The first kappa shape index (κ1) is 11.8. The number of β-amino-alcohol motifs (C(OH)–C–C–N with tert-alkyl or cyclic N) is 1. The molecule has 0 radical (unpaired) electrons. The topological polar surface area (TPSA) is 86.3 Å². The third kappa shape index (κ3) is 2.08. The molecule has 17 heavy (non-hydrogen) atoms. The van der Waals surface area contributed by atoms with Crippen LogP contribution in [0.4, 0.5) is 0 Å². The van der Waals surface area contributed by atoms with Crippen LogP contribution < -0.4 is 5.56 Å². The van der Waals surface area contributed by atoms with E-state index in [-0.39, 0.29) is 23.1 Å². The Hall–Kier alpha value is -1.69. The minimum Gasteiger partial charge on any atom is -0.386 e. The van der Waals surface area contributed by atoms with Crippen LogP contribution in [0.25, 0.3) is 0 Å². The minimum atomic E-state index is -0.794. The Balaban J connectivity index is 2.05. The summed E-state index contributed by atoms with van der Waals surface area (Å²) in [5.74, 6) is -0.165. The van der Waals surface area contributed by atoms with E-state index in [1.165, 1.54) is 17.0 Å². The van der Waals surface area contributed by atoms with Gasteiger partial charge in [0.15, 0.2) is 0 Å². The van der Waals surface area contributed by atoms with Crippen LogP contribution in [0.15, 0.2) is 16.9 Å². The van der Waals surface area contributed by atoms with Crippen LogP contribution in [0.1, 0.15) is 24.3 Å². The molecule has 0 aromatic carbocycles. The van der Waals surface area contributed by atoms with Crippen LogP contribution in [0.5, 0.6) is 0 Å². The van der Waals surface area contributed by atoms with Gasteiger partial charge in [0, 0.05) is 6.07 Å². The Bertz CT molecular complexity index is 468. The zero-order valence-corrected chi connectivity index (χ0v) is 9.80. The molecule has 1 fully saturated rings. The van der Waals surface area contributed by atoms with Crippen LogP contribution in [0.3, 0.4) is 0 Å². The van der Waals surface area contributed by atoms with Gasteiger partial charge in [0.2, 0.25) is 0 Å². The number of aromatic nitrogens is 2. The molecule has 6 nitrogen and oxygen atoms in total. The molecule has 1 aliphatic heterocycles. The number of H-pyrrole nitrogens is 1. The van der Waals surface area contributed by atoms with E-state index in [9.17, 15) is 14.7 Å². The highest BCUT2D eigenvalue weighted by Crippen LogP contribution is 2.29. The van der Waals surface area contributed by atoms with Gasteiger partial charge in [0.1, 0.15) is 11.3 Å². The largest absolute Gasteiger partial charge is 0.386 e. The summed E-state index contributed by atoms with van der Waals surface area (Å²) in [5, 5.41) is 15.9. The predicted molar refractivity (Wildman–Crippen MR) is 60.5 cm³/mol. The van der Waals surface area contributed by atoms with E-state index >= 15 is 0 Å². The highest BCUT2D eigenvalue weighted by molar-refractivity contribution is 5.92. The van der Waals surface area contributed by atoms with Gasteiger partial charge < -0.3 is 10.0 Å². The van der Waals surface area contributed by atoms with Crippen molar-refractivity contribution in [2.45, 2.75) is 19.4 Å². The molecule has 92 valence electrons. The van der Waals surface area contributed by atoms with Crippen molar-refractivity contribution < 1.29 is 9.90 Å². The third-order valence-electron chi connectivity index (χ3n) is 3.19. The molecular weight excluding hydrogens is 222 g/mol. The molecule has 1 saturated heterocycles. The lowest BCUT2D eigenvalue weighted by Gasteiger charge is -2.48. The first-order chi connectivity index (χ1) is 7.92. The summed E-state index contributed by atoms with van der Waals surface area (Å²) in [5.41, 5.74) is -0.947. The monoisotopic (exact) mass is 237 g/mol. The molecule has 0 aliphatic carbocycles. The summed E-state index contributed by atoms with van der Waals surface area (Å²) in [7, 11) is 0. The fourth-order valence-corrected chi connectivity index (χ4v) is 1.75. The van der Waals surface area contributed by atoms with Crippen molar-refractivity contribution in [2.75, 3.05) is 13.1 Å². The normalized spacial score (nSPS) is 18.0. The zero-order chi connectivity index (χ0) is 12.6. The number of nitrogens with zero attached hydrogens (tertiary/aromatic N) is 2. The zero-order valence-electron chi connectivity index (χ0n) is 9.80. The third-order valence-corrected chi connectivity index (χ3v) is 3.19. The van der Waals surface area contributed by atoms with Gasteiger partial charge in [-0.3, -0.25) is 9.59 Å². The number of aromatic amines is 1. The van der Waals surface area contributed by atoms with Gasteiger partial charge in [-0.25, -0.2) is 5.10 Å². The number of nitrogens with one attached hydrogen (secondary N) is 1. The second-order valence-corrected chi connectivity index (χ2v) is 4.73. The van der Waals surface area contributed by atoms with Gasteiger partial charge in [-0.2, -0.15) is 5.10 Å². The molecule has 0 unspecified atom stereocenters. The second kappa shape index (κ2) is 3.96. The molecular formula is C11H15N3O3. The standard InChI is InChI=1S/C11H15N3O3/c1-7(2)11(17)5-14(6-11)10(16)8-3-4-9(15)13-12-8/h3-4,7,17H,5-6H2,1-2H3,(H,13,15). The Labute approximate surface area is 98.3 Å². The van der Waals surface area contributed by atoms with E-state index < -0.39 is 5.60 Å². The number of aliphatic hydroxyl groups is 1. The molecule has 1 amide bonds. The minimum absolute atomic E-state index is 0.107. The number of hydrogen-bond acceptors (Lipinski definition) is 4. The first-order valence-electron chi connectivity index (χ1n) is 5.50. The summed E-state index contributed by atoms with van der Waals surface area (Å²) in [4.78, 5) is 24.2. The average molecular weight is 237 g/mol. The molecule has 1 aromatic heterocycles. The van der Waals surface area contributed by atoms with E-state index in [0.29, 0.717) is 13.1 Å². The summed E-state index contributed by atoms with van der Waals surface area (Å²) in [6.07, 6.45) is 0. The Morgan fingerprint density at radius 2 is 2.18 bits per heavy atom. The van der Waals surface area contributed by atoms with Crippen molar-refractivity contribution in [2.24, 2.45) is 5.92 Å². The van der Waals surface area contributed by atoms with Gasteiger partial charge >= 0.3 is 0 Å². The quantitative estimate of drug-likeness (QED) is 0.733. The lowest BCUT2D eigenvalue weighted by atomic mass is 9.83. The molecule has 0 bridgehead atoms. The highest BCUT2D eigenvalue weighted by Gasteiger charge is 2.46. The van der Waals surface area contributed by atoms with Crippen molar-refractivity contribution in [1.29, 1.82) is 0 Å². The number of carbonyl (C=O) groups is 1. The smallest absolute Gasteiger partial charge is 0.274 e. The number of rotatable bonds is 2. The molecule has 0 saturated carbocycles. The van der Waals surface area contributed by atoms with Crippen molar-refractivity contribution in [3.05, 3.63) is 28.2 Å². The highest BCUT2D eigenvalue weighted by atomic mass is 16.3. The van der Waals surface area contributed by atoms with Crippen molar-refractivity contribution >= 4 is 5.91 Å².